The summed E-state index contributed by atoms with van der Waals surface area (Å²) in [5.41, 5.74) is 7.98. The molecule has 2 bridgehead atoms. The van der Waals surface area contributed by atoms with Gasteiger partial charge in [0.25, 0.3) is 0 Å². The quantitative estimate of drug-likeness (QED) is 0.462. The maximum absolute atomic E-state index is 5.89. The predicted molar refractivity (Wildman–Crippen MR) is 83.0 cm³/mol. The standard InChI is InChI=1S/C19H14O/c1-13-6-5-9-15(10-13)18-12-16-11-17(19(18)20-16)14-7-3-2-4-8-14/h2-12H,1H3. The largest absolute Gasteiger partial charge is 0.456 e. The average Bonchev–Trinajstić information content (AvgIpc) is 3.08. The number of hydrogen-bond donors (Lipinski definition) is 0. The van der Waals surface area contributed by atoms with Gasteiger partial charge in [0, 0.05) is 11.1 Å². The molecule has 0 unspecified atom stereocenters. The zero-order valence-electron chi connectivity index (χ0n) is 11.3. The Morgan fingerprint density at radius 3 is 2.10 bits per heavy atom. The van der Waals surface area contributed by atoms with Crippen LogP contribution in [0.4, 0.5) is 0 Å². The lowest BCUT2D eigenvalue weighted by atomic mass is 9.98. The van der Waals surface area contributed by atoms with Crippen molar-refractivity contribution in [1.82, 2.24) is 0 Å². The fourth-order valence-electron chi connectivity index (χ4n) is 2.75. The topological polar surface area (TPSA) is 13.1 Å². The minimum atomic E-state index is 0.940. The van der Waals surface area contributed by atoms with Crippen LogP contribution in [0.2, 0.25) is 0 Å². The van der Waals surface area contributed by atoms with Gasteiger partial charge in [-0.25, -0.2) is 0 Å². The first-order chi connectivity index (χ1) is 9.81. The van der Waals surface area contributed by atoms with Crippen LogP contribution >= 0.6 is 0 Å². The van der Waals surface area contributed by atoms with Crippen molar-refractivity contribution in [1.29, 1.82) is 0 Å². The molecule has 96 valence electrons. The van der Waals surface area contributed by atoms with Gasteiger partial charge in [0.05, 0.1) is 0 Å². The lowest BCUT2D eigenvalue weighted by Gasteiger charge is -2.04. The fraction of sp³-hybridized carbons (Fsp3) is 0.0526. The first kappa shape index (κ1) is 11.3. The molecule has 0 N–H and O–H groups in total. The summed E-state index contributed by atoms with van der Waals surface area (Å²) in [7, 11) is 0. The number of furan rings is 2. The van der Waals surface area contributed by atoms with E-state index in [9.17, 15) is 0 Å². The molecule has 1 nitrogen and oxygen atoms in total. The van der Waals surface area contributed by atoms with Crippen LogP contribution in [0.5, 0.6) is 0 Å². The number of benzene rings is 3. The molecule has 4 rings (SSSR count). The predicted octanol–water partition coefficient (Wildman–Crippen LogP) is 5.51. The van der Waals surface area contributed by atoms with Crippen LogP contribution in [0.25, 0.3) is 33.4 Å². The molecule has 2 aromatic heterocycles. The lowest BCUT2D eigenvalue weighted by molar-refractivity contribution is 0.676. The molecule has 4 aromatic rings. The van der Waals surface area contributed by atoms with Crippen molar-refractivity contribution in [2.24, 2.45) is 0 Å². The molecule has 0 aliphatic heterocycles. The smallest absolute Gasteiger partial charge is 0.143 e. The van der Waals surface area contributed by atoms with Crippen LogP contribution in [0.1, 0.15) is 5.56 Å². The highest BCUT2D eigenvalue weighted by Gasteiger charge is 2.16. The molecule has 0 saturated heterocycles. The highest BCUT2D eigenvalue weighted by atomic mass is 16.3. The maximum atomic E-state index is 5.89. The van der Waals surface area contributed by atoms with Gasteiger partial charge < -0.3 is 4.42 Å². The summed E-state index contributed by atoms with van der Waals surface area (Å²) >= 11 is 0. The Kier molecular flexibility index (Phi) is 2.40. The molecular weight excluding hydrogens is 244 g/mol. The van der Waals surface area contributed by atoms with Crippen molar-refractivity contribution in [2.75, 3.05) is 0 Å². The van der Waals surface area contributed by atoms with Gasteiger partial charge in [-0.1, -0.05) is 60.2 Å². The van der Waals surface area contributed by atoms with E-state index in [0.29, 0.717) is 0 Å². The van der Waals surface area contributed by atoms with Gasteiger partial charge in [-0.05, 0) is 30.2 Å². The van der Waals surface area contributed by atoms with E-state index in [2.05, 4.69) is 67.6 Å². The molecule has 0 aliphatic carbocycles. The molecule has 2 heterocycles. The van der Waals surface area contributed by atoms with Gasteiger partial charge in [-0.2, -0.15) is 0 Å². The van der Waals surface area contributed by atoms with Crippen LogP contribution in [0.3, 0.4) is 0 Å². The van der Waals surface area contributed by atoms with Gasteiger partial charge in [-0.3, -0.25) is 0 Å². The second-order valence-electron chi connectivity index (χ2n) is 5.19. The van der Waals surface area contributed by atoms with E-state index in [0.717, 1.165) is 11.2 Å². The van der Waals surface area contributed by atoms with Gasteiger partial charge in [0.1, 0.15) is 11.2 Å². The van der Waals surface area contributed by atoms with Gasteiger partial charge in [0.2, 0.25) is 0 Å². The van der Waals surface area contributed by atoms with Crippen molar-refractivity contribution in [3.8, 4) is 22.3 Å². The Labute approximate surface area is 117 Å². The summed E-state index contributed by atoms with van der Waals surface area (Å²) in [6.07, 6.45) is 0. The van der Waals surface area contributed by atoms with Crippen molar-refractivity contribution in [3.63, 3.8) is 0 Å². The first-order valence-corrected chi connectivity index (χ1v) is 6.79. The van der Waals surface area contributed by atoms with Gasteiger partial charge in [0.15, 0.2) is 0 Å². The molecule has 0 saturated carbocycles. The monoisotopic (exact) mass is 258 g/mol. The zero-order chi connectivity index (χ0) is 13.5. The molecule has 0 amide bonds. The number of aryl methyl sites for hydroxylation is 1. The molecule has 0 aliphatic rings. The molecule has 0 fully saturated rings. The van der Waals surface area contributed by atoms with Crippen molar-refractivity contribution in [2.45, 2.75) is 6.92 Å². The molecular formula is C19H14O. The third-order valence-electron chi connectivity index (χ3n) is 3.70. The van der Waals surface area contributed by atoms with Crippen LogP contribution < -0.4 is 0 Å². The number of fused-ring (bicyclic) bond motifs is 2. The minimum absolute atomic E-state index is 0.940. The van der Waals surface area contributed by atoms with E-state index in [1.165, 1.54) is 27.8 Å². The summed E-state index contributed by atoms with van der Waals surface area (Å²) in [6, 6.07) is 23.2. The van der Waals surface area contributed by atoms with Crippen molar-refractivity contribution < 1.29 is 4.42 Å². The van der Waals surface area contributed by atoms with E-state index in [1.807, 2.05) is 6.07 Å². The van der Waals surface area contributed by atoms with Crippen molar-refractivity contribution in [3.05, 3.63) is 72.3 Å². The molecule has 0 spiro atoms. The van der Waals surface area contributed by atoms with E-state index in [4.69, 9.17) is 4.42 Å². The third-order valence-corrected chi connectivity index (χ3v) is 3.70. The Bertz CT molecular complexity index is 856. The highest BCUT2D eigenvalue weighted by Crippen LogP contribution is 2.39. The van der Waals surface area contributed by atoms with Crippen LogP contribution in [0.15, 0.2) is 71.1 Å². The molecule has 20 heavy (non-hydrogen) atoms. The van der Waals surface area contributed by atoms with E-state index < -0.39 is 0 Å². The third kappa shape index (κ3) is 1.71. The fourth-order valence-corrected chi connectivity index (χ4v) is 2.75. The Hall–Kier alpha value is -2.54. The second kappa shape index (κ2) is 4.24. The summed E-state index contributed by atoms with van der Waals surface area (Å²) < 4.78 is 5.89. The summed E-state index contributed by atoms with van der Waals surface area (Å²) in [4.78, 5) is 0. The van der Waals surface area contributed by atoms with E-state index in [-0.39, 0.29) is 0 Å². The Morgan fingerprint density at radius 1 is 0.700 bits per heavy atom. The van der Waals surface area contributed by atoms with Crippen LogP contribution in [0, 0.1) is 6.92 Å². The molecule has 0 atom stereocenters. The minimum Gasteiger partial charge on any atom is -0.456 e. The first-order valence-electron chi connectivity index (χ1n) is 6.79. The molecule has 0 radical (unpaired) electrons. The van der Waals surface area contributed by atoms with Crippen LogP contribution in [-0.2, 0) is 0 Å². The zero-order valence-corrected chi connectivity index (χ0v) is 11.3. The van der Waals surface area contributed by atoms with Gasteiger partial charge >= 0.3 is 0 Å². The number of hydrogen-bond acceptors (Lipinski definition) is 1. The summed E-state index contributed by atoms with van der Waals surface area (Å²) in [5.74, 6) is 0. The summed E-state index contributed by atoms with van der Waals surface area (Å²) in [5, 5.41) is 0. The highest BCUT2D eigenvalue weighted by molar-refractivity contribution is 5.97. The number of rotatable bonds is 2. The van der Waals surface area contributed by atoms with E-state index >= 15 is 0 Å². The van der Waals surface area contributed by atoms with Gasteiger partial charge in [-0.15, -0.1) is 0 Å². The second-order valence-corrected chi connectivity index (χ2v) is 5.19. The molecule has 2 aromatic carbocycles. The normalized spacial score (nSPS) is 11.2. The SMILES string of the molecule is Cc1cccc(-c2cc3cc(-c4ccccc4)c2o3)c1. The summed E-state index contributed by atoms with van der Waals surface area (Å²) in [6.45, 7) is 2.11. The van der Waals surface area contributed by atoms with Crippen molar-refractivity contribution >= 4 is 11.2 Å². The Morgan fingerprint density at radius 2 is 1.40 bits per heavy atom. The molecule has 1 heteroatoms. The lowest BCUT2D eigenvalue weighted by Crippen LogP contribution is -1.81. The average molecular weight is 258 g/mol. The Balaban J connectivity index is 1.92. The maximum Gasteiger partial charge on any atom is 0.143 e. The van der Waals surface area contributed by atoms with E-state index in [1.54, 1.807) is 0 Å². The van der Waals surface area contributed by atoms with Crippen LogP contribution in [-0.4, -0.2) is 0 Å².